The van der Waals surface area contributed by atoms with E-state index in [1.807, 2.05) is 24.3 Å². The highest BCUT2D eigenvalue weighted by Crippen LogP contribution is 2.32. The Kier molecular flexibility index (Phi) is 2.70. The summed E-state index contributed by atoms with van der Waals surface area (Å²) >= 11 is 0. The van der Waals surface area contributed by atoms with E-state index in [4.69, 9.17) is 15.2 Å². The monoisotopic (exact) mass is 221 g/mol. The Labute approximate surface area is 94.2 Å². The van der Waals surface area contributed by atoms with Crippen molar-refractivity contribution in [3.63, 3.8) is 0 Å². The van der Waals surface area contributed by atoms with Crippen LogP contribution in [0.5, 0.6) is 5.75 Å². The molecule has 1 atom stereocenters. The maximum absolute atomic E-state index is 5.77. The largest absolute Gasteiger partial charge is 0.496 e. The highest BCUT2D eigenvalue weighted by molar-refractivity contribution is 5.75. The lowest BCUT2D eigenvalue weighted by atomic mass is 10.0. The third-order valence-corrected chi connectivity index (χ3v) is 2.55. The number of hydrogen-bond acceptors (Lipinski definition) is 5. The zero-order valence-electron chi connectivity index (χ0n) is 9.36. The fourth-order valence-corrected chi connectivity index (χ4v) is 1.76. The van der Waals surface area contributed by atoms with Crippen LogP contribution in [0.25, 0.3) is 0 Å². The molecule has 0 saturated carbocycles. The molecule has 0 spiro atoms. The average Bonchev–Trinajstić information content (AvgIpc) is 2.72. The summed E-state index contributed by atoms with van der Waals surface area (Å²) in [4.78, 5) is 0. The third kappa shape index (κ3) is 1.59. The van der Waals surface area contributed by atoms with Gasteiger partial charge in [-0.1, -0.05) is 12.1 Å². The molecule has 0 radical (unpaired) electrons. The molecule has 5 nitrogen and oxygen atoms in total. The highest BCUT2D eigenvalue weighted by Gasteiger charge is 2.39. The molecule has 1 aromatic carbocycles. The molecule has 86 valence electrons. The number of hydrogen-bond donors (Lipinski definition) is 2. The van der Waals surface area contributed by atoms with Crippen molar-refractivity contribution in [1.82, 2.24) is 5.43 Å². The first-order valence-corrected chi connectivity index (χ1v) is 5.06. The molecule has 5 heteroatoms. The van der Waals surface area contributed by atoms with Gasteiger partial charge in [0.1, 0.15) is 5.75 Å². The lowest BCUT2D eigenvalue weighted by Gasteiger charge is -2.28. The van der Waals surface area contributed by atoms with Gasteiger partial charge >= 0.3 is 0 Å². The van der Waals surface area contributed by atoms with Crippen LogP contribution in [0.3, 0.4) is 0 Å². The minimum atomic E-state index is -0.809. The molecular weight excluding hydrogens is 206 g/mol. The van der Waals surface area contributed by atoms with E-state index in [9.17, 15) is 0 Å². The van der Waals surface area contributed by atoms with E-state index in [0.717, 1.165) is 11.3 Å². The summed E-state index contributed by atoms with van der Waals surface area (Å²) < 4.78 is 11.0. The summed E-state index contributed by atoms with van der Waals surface area (Å²) in [5.74, 6) is 1.29. The second-order valence-electron chi connectivity index (χ2n) is 3.58. The number of nitrogens with zero attached hydrogens (tertiary/aromatic N) is 1. The second kappa shape index (κ2) is 4.02. The van der Waals surface area contributed by atoms with Crippen molar-refractivity contribution in [1.29, 1.82) is 0 Å². The van der Waals surface area contributed by atoms with E-state index < -0.39 is 5.72 Å². The van der Waals surface area contributed by atoms with Crippen LogP contribution in [-0.2, 0) is 10.5 Å². The fourth-order valence-electron chi connectivity index (χ4n) is 1.76. The van der Waals surface area contributed by atoms with Gasteiger partial charge in [-0.3, -0.25) is 5.43 Å². The van der Waals surface area contributed by atoms with E-state index >= 15 is 0 Å². The zero-order valence-corrected chi connectivity index (χ0v) is 9.36. The predicted molar refractivity (Wildman–Crippen MR) is 61.1 cm³/mol. The van der Waals surface area contributed by atoms with Crippen molar-refractivity contribution >= 4 is 5.90 Å². The van der Waals surface area contributed by atoms with Gasteiger partial charge in [-0.25, -0.2) is 0 Å². The van der Waals surface area contributed by atoms with E-state index in [1.165, 1.54) is 0 Å². The summed E-state index contributed by atoms with van der Waals surface area (Å²) in [5.41, 5.74) is 8.73. The van der Waals surface area contributed by atoms with Crippen LogP contribution < -0.4 is 15.9 Å². The second-order valence-corrected chi connectivity index (χ2v) is 3.58. The van der Waals surface area contributed by atoms with E-state index in [2.05, 4.69) is 10.5 Å². The smallest absolute Gasteiger partial charge is 0.238 e. The standard InChI is InChI=1S/C11H15N3O2/c1-8-13-14-11(7-12,16-8)9-5-3-4-6-10(9)15-2/h3-6,14H,7,12H2,1-2H3/t11-/m1/s1. The zero-order chi connectivity index (χ0) is 11.6. The van der Waals surface area contributed by atoms with Gasteiger partial charge in [0, 0.05) is 6.92 Å². The molecule has 3 N–H and O–H groups in total. The first kappa shape index (κ1) is 10.8. The van der Waals surface area contributed by atoms with Crippen LogP contribution in [-0.4, -0.2) is 19.6 Å². The van der Waals surface area contributed by atoms with E-state index in [0.29, 0.717) is 5.90 Å². The molecule has 0 aliphatic carbocycles. The summed E-state index contributed by atoms with van der Waals surface area (Å²) in [6.07, 6.45) is 0. The van der Waals surface area contributed by atoms with Crippen molar-refractivity contribution in [2.24, 2.45) is 10.8 Å². The minimum absolute atomic E-state index is 0.272. The maximum atomic E-state index is 5.77. The van der Waals surface area contributed by atoms with Crippen molar-refractivity contribution in [2.45, 2.75) is 12.6 Å². The molecule has 1 heterocycles. The summed E-state index contributed by atoms with van der Waals surface area (Å²) in [6, 6.07) is 7.58. The molecule has 1 aliphatic heterocycles. The third-order valence-electron chi connectivity index (χ3n) is 2.55. The van der Waals surface area contributed by atoms with E-state index in [1.54, 1.807) is 14.0 Å². The maximum Gasteiger partial charge on any atom is 0.238 e. The van der Waals surface area contributed by atoms with Gasteiger partial charge < -0.3 is 15.2 Å². The van der Waals surface area contributed by atoms with Gasteiger partial charge in [0.05, 0.1) is 19.2 Å². The topological polar surface area (TPSA) is 68.9 Å². The Balaban J connectivity index is 2.42. The number of hydrazone groups is 1. The van der Waals surface area contributed by atoms with Crippen molar-refractivity contribution in [2.75, 3.05) is 13.7 Å². The normalized spacial score (nSPS) is 23.3. The molecule has 0 bridgehead atoms. The predicted octanol–water partition coefficient (Wildman–Crippen LogP) is 0.760. The van der Waals surface area contributed by atoms with Gasteiger partial charge in [-0.05, 0) is 12.1 Å². The van der Waals surface area contributed by atoms with Crippen LogP contribution in [0, 0.1) is 0 Å². The Morgan fingerprint density at radius 2 is 2.25 bits per heavy atom. The molecule has 0 aromatic heterocycles. The first-order chi connectivity index (χ1) is 7.72. The summed E-state index contributed by atoms with van der Waals surface area (Å²) in [5, 5.41) is 4.02. The van der Waals surface area contributed by atoms with Gasteiger partial charge in [-0.15, -0.1) is 5.10 Å². The van der Waals surface area contributed by atoms with Gasteiger partial charge in [-0.2, -0.15) is 0 Å². The Morgan fingerprint density at radius 3 is 2.81 bits per heavy atom. The first-order valence-electron chi connectivity index (χ1n) is 5.06. The van der Waals surface area contributed by atoms with Gasteiger partial charge in [0.25, 0.3) is 0 Å². The lowest BCUT2D eigenvalue weighted by Crippen LogP contribution is -2.45. The Morgan fingerprint density at radius 1 is 1.50 bits per heavy atom. The number of benzene rings is 1. The number of para-hydroxylation sites is 1. The van der Waals surface area contributed by atoms with Crippen LogP contribution in [0.1, 0.15) is 12.5 Å². The number of ether oxygens (including phenoxy) is 2. The SMILES string of the molecule is COc1ccccc1[C@]1(CN)NN=C(C)O1. The van der Waals surface area contributed by atoms with Crippen molar-refractivity contribution < 1.29 is 9.47 Å². The van der Waals surface area contributed by atoms with Crippen molar-refractivity contribution in [3.8, 4) is 5.75 Å². The average molecular weight is 221 g/mol. The van der Waals surface area contributed by atoms with Gasteiger partial charge in [0.15, 0.2) is 0 Å². The van der Waals surface area contributed by atoms with Crippen molar-refractivity contribution in [3.05, 3.63) is 29.8 Å². The molecule has 1 aliphatic rings. The van der Waals surface area contributed by atoms with E-state index in [-0.39, 0.29) is 6.54 Å². The molecule has 0 amide bonds. The summed E-state index contributed by atoms with van der Waals surface area (Å²) in [7, 11) is 1.62. The Hall–Kier alpha value is -1.75. The van der Waals surface area contributed by atoms with Crippen LogP contribution >= 0.6 is 0 Å². The highest BCUT2D eigenvalue weighted by atomic mass is 16.5. The lowest BCUT2D eigenvalue weighted by molar-refractivity contribution is 0.0513. The molecule has 16 heavy (non-hydrogen) atoms. The van der Waals surface area contributed by atoms with Crippen LogP contribution in [0.4, 0.5) is 0 Å². The van der Waals surface area contributed by atoms with Crippen LogP contribution in [0.15, 0.2) is 29.4 Å². The van der Waals surface area contributed by atoms with Crippen LogP contribution in [0.2, 0.25) is 0 Å². The number of methoxy groups -OCH3 is 1. The molecular formula is C11H15N3O2. The molecule has 0 unspecified atom stereocenters. The molecule has 0 saturated heterocycles. The number of rotatable bonds is 3. The summed E-state index contributed by atoms with van der Waals surface area (Å²) in [6.45, 7) is 2.05. The number of nitrogens with two attached hydrogens (primary N) is 1. The quantitative estimate of drug-likeness (QED) is 0.790. The minimum Gasteiger partial charge on any atom is -0.496 e. The molecule has 2 rings (SSSR count). The fraction of sp³-hybridized carbons (Fsp3) is 0.364. The molecule has 0 fully saturated rings. The Bertz CT molecular complexity index is 419. The number of nitrogens with one attached hydrogen (secondary N) is 1. The van der Waals surface area contributed by atoms with Gasteiger partial charge in [0.2, 0.25) is 11.6 Å². The molecule has 1 aromatic rings.